The summed E-state index contributed by atoms with van der Waals surface area (Å²) >= 11 is 0. The van der Waals surface area contributed by atoms with Gasteiger partial charge in [-0.2, -0.15) is 4.31 Å². The molecule has 0 spiro atoms. The van der Waals surface area contributed by atoms with Crippen LogP contribution >= 0.6 is 0 Å². The smallest absolute Gasteiger partial charge is 0.258 e. The summed E-state index contributed by atoms with van der Waals surface area (Å²) in [5, 5.41) is 11.2. The van der Waals surface area contributed by atoms with Crippen LogP contribution in [0.4, 0.5) is 5.69 Å². The van der Waals surface area contributed by atoms with Crippen LogP contribution in [0.25, 0.3) is 0 Å². The molecule has 0 radical (unpaired) electrons. The van der Waals surface area contributed by atoms with Crippen LogP contribution in [0.5, 0.6) is 0 Å². The first-order chi connectivity index (χ1) is 11.6. The van der Waals surface area contributed by atoms with E-state index in [4.69, 9.17) is 0 Å². The number of hydrogen-bond donors (Lipinski definition) is 0. The molecule has 0 saturated carbocycles. The zero-order valence-electron chi connectivity index (χ0n) is 15.0. The SMILES string of the molecule is Cc1cc(C)c(C)c(S(=O)(=O)N(C)Cc2ccccc2[N+](=O)[O-])c1C. The Bertz CT molecular complexity index is 910. The highest BCUT2D eigenvalue weighted by Gasteiger charge is 2.28. The summed E-state index contributed by atoms with van der Waals surface area (Å²) in [6.07, 6.45) is 0. The molecule has 0 aliphatic carbocycles. The molecule has 2 aromatic carbocycles. The van der Waals surface area contributed by atoms with Crippen LogP contribution in [0, 0.1) is 37.8 Å². The topological polar surface area (TPSA) is 80.5 Å². The Morgan fingerprint density at radius 1 is 1.04 bits per heavy atom. The summed E-state index contributed by atoms with van der Waals surface area (Å²) in [7, 11) is -2.33. The average Bonchev–Trinajstić information content (AvgIpc) is 2.53. The second-order valence-electron chi connectivity index (χ2n) is 6.24. The number of nitro groups is 1. The Morgan fingerprint density at radius 2 is 1.56 bits per heavy atom. The van der Waals surface area contributed by atoms with Crippen LogP contribution in [0.2, 0.25) is 0 Å². The Balaban J connectivity index is 2.51. The fourth-order valence-corrected chi connectivity index (χ4v) is 4.59. The number of benzene rings is 2. The second kappa shape index (κ2) is 6.93. The molecule has 0 saturated heterocycles. The summed E-state index contributed by atoms with van der Waals surface area (Å²) in [4.78, 5) is 10.9. The summed E-state index contributed by atoms with van der Waals surface area (Å²) in [5.74, 6) is 0. The fraction of sp³-hybridized carbons (Fsp3) is 0.333. The van der Waals surface area contributed by atoms with Gasteiger partial charge < -0.3 is 0 Å². The van der Waals surface area contributed by atoms with Crippen molar-refractivity contribution in [3.05, 3.63) is 68.3 Å². The van der Waals surface area contributed by atoms with E-state index in [1.54, 1.807) is 32.0 Å². The first-order valence-electron chi connectivity index (χ1n) is 7.83. The van der Waals surface area contributed by atoms with E-state index in [1.807, 2.05) is 19.9 Å². The number of nitro benzene ring substituents is 1. The van der Waals surface area contributed by atoms with E-state index in [0.29, 0.717) is 16.7 Å². The maximum atomic E-state index is 13.1. The molecular weight excluding hydrogens is 340 g/mol. The van der Waals surface area contributed by atoms with E-state index >= 15 is 0 Å². The molecule has 0 aromatic heterocycles. The number of para-hydroxylation sites is 1. The van der Waals surface area contributed by atoms with Crippen molar-refractivity contribution < 1.29 is 13.3 Å². The van der Waals surface area contributed by atoms with Crippen LogP contribution in [0.3, 0.4) is 0 Å². The third-order valence-corrected chi connectivity index (χ3v) is 6.62. The molecule has 2 aromatic rings. The molecule has 0 aliphatic rings. The Kier molecular flexibility index (Phi) is 5.29. The van der Waals surface area contributed by atoms with Crippen molar-refractivity contribution in [1.29, 1.82) is 0 Å². The molecule has 0 amide bonds. The molecule has 0 N–H and O–H groups in total. The van der Waals surface area contributed by atoms with Gasteiger partial charge in [-0.3, -0.25) is 10.1 Å². The number of sulfonamides is 1. The average molecular weight is 362 g/mol. The largest absolute Gasteiger partial charge is 0.273 e. The van der Waals surface area contributed by atoms with Crippen LogP contribution in [0.1, 0.15) is 27.8 Å². The molecule has 0 atom stereocenters. The molecular formula is C18H22N2O4S. The van der Waals surface area contributed by atoms with Crippen LogP contribution in [-0.2, 0) is 16.6 Å². The Hall–Kier alpha value is -2.25. The van der Waals surface area contributed by atoms with Crippen LogP contribution in [-0.4, -0.2) is 24.7 Å². The van der Waals surface area contributed by atoms with Gasteiger partial charge in [0, 0.05) is 25.2 Å². The zero-order chi connectivity index (χ0) is 18.9. The van der Waals surface area contributed by atoms with E-state index < -0.39 is 14.9 Å². The van der Waals surface area contributed by atoms with Gasteiger partial charge in [-0.25, -0.2) is 8.42 Å². The lowest BCUT2D eigenvalue weighted by Gasteiger charge is -2.22. The van der Waals surface area contributed by atoms with E-state index in [0.717, 1.165) is 11.1 Å². The normalized spacial score (nSPS) is 11.8. The maximum Gasteiger partial charge on any atom is 0.273 e. The van der Waals surface area contributed by atoms with Gasteiger partial charge in [-0.05, 0) is 49.9 Å². The molecule has 0 unspecified atom stereocenters. The molecule has 0 fully saturated rings. The predicted octanol–water partition coefficient (Wildman–Crippen LogP) is 3.65. The van der Waals surface area contributed by atoms with Gasteiger partial charge >= 0.3 is 0 Å². The highest BCUT2D eigenvalue weighted by molar-refractivity contribution is 7.89. The Morgan fingerprint density at radius 3 is 2.08 bits per heavy atom. The van der Waals surface area contributed by atoms with Gasteiger partial charge in [0.25, 0.3) is 5.69 Å². The lowest BCUT2D eigenvalue weighted by Crippen LogP contribution is -2.28. The molecule has 25 heavy (non-hydrogen) atoms. The molecule has 6 nitrogen and oxygen atoms in total. The number of nitrogens with zero attached hydrogens (tertiary/aromatic N) is 2. The lowest BCUT2D eigenvalue weighted by molar-refractivity contribution is -0.385. The zero-order valence-corrected chi connectivity index (χ0v) is 15.8. The summed E-state index contributed by atoms with van der Waals surface area (Å²) in [6, 6.07) is 8.14. The first-order valence-corrected chi connectivity index (χ1v) is 9.27. The quantitative estimate of drug-likeness (QED) is 0.600. The van der Waals surface area contributed by atoms with Crippen LogP contribution < -0.4 is 0 Å². The van der Waals surface area contributed by atoms with Gasteiger partial charge in [0.2, 0.25) is 10.0 Å². The molecule has 0 aliphatic heterocycles. The minimum atomic E-state index is -3.78. The minimum Gasteiger partial charge on any atom is -0.258 e. The number of hydrogen-bond acceptors (Lipinski definition) is 4. The van der Waals surface area contributed by atoms with Gasteiger partial charge in [-0.1, -0.05) is 24.3 Å². The van der Waals surface area contributed by atoms with Gasteiger partial charge in [0.1, 0.15) is 0 Å². The van der Waals surface area contributed by atoms with E-state index in [-0.39, 0.29) is 17.1 Å². The minimum absolute atomic E-state index is 0.0641. The third-order valence-electron chi connectivity index (χ3n) is 4.55. The van der Waals surface area contributed by atoms with Crippen molar-refractivity contribution in [2.45, 2.75) is 39.1 Å². The Labute approximate surface area is 148 Å². The highest BCUT2D eigenvalue weighted by atomic mass is 32.2. The van der Waals surface area contributed by atoms with Crippen molar-refractivity contribution in [1.82, 2.24) is 4.31 Å². The molecule has 0 bridgehead atoms. The van der Waals surface area contributed by atoms with Gasteiger partial charge in [0.05, 0.1) is 9.82 Å². The molecule has 0 heterocycles. The molecule has 134 valence electrons. The highest BCUT2D eigenvalue weighted by Crippen LogP contribution is 2.29. The van der Waals surface area contributed by atoms with E-state index in [9.17, 15) is 18.5 Å². The third kappa shape index (κ3) is 3.57. The van der Waals surface area contributed by atoms with Crippen molar-refractivity contribution in [3.8, 4) is 0 Å². The van der Waals surface area contributed by atoms with Crippen molar-refractivity contribution in [3.63, 3.8) is 0 Å². The molecule has 7 heteroatoms. The monoisotopic (exact) mass is 362 g/mol. The van der Waals surface area contributed by atoms with Crippen molar-refractivity contribution >= 4 is 15.7 Å². The van der Waals surface area contributed by atoms with E-state index in [2.05, 4.69) is 0 Å². The number of aryl methyl sites for hydroxylation is 2. The van der Waals surface area contributed by atoms with Crippen LogP contribution in [0.15, 0.2) is 35.2 Å². The summed E-state index contributed by atoms with van der Waals surface area (Å²) < 4.78 is 27.4. The van der Waals surface area contributed by atoms with E-state index in [1.165, 1.54) is 17.4 Å². The fourth-order valence-electron chi connectivity index (χ4n) is 2.87. The second-order valence-corrected chi connectivity index (χ2v) is 8.22. The van der Waals surface area contributed by atoms with Crippen molar-refractivity contribution in [2.24, 2.45) is 0 Å². The summed E-state index contributed by atoms with van der Waals surface area (Å²) in [5.41, 5.74) is 3.49. The maximum absolute atomic E-state index is 13.1. The first kappa shape index (κ1) is 19.1. The predicted molar refractivity (Wildman–Crippen MR) is 97.1 cm³/mol. The summed E-state index contributed by atoms with van der Waals surface area (Å²) in [6.45, 7) is 7.26. The number of rotatable bonds is 5. The lowest BCUT2D eigenvalue weighted by atomic mass is 10.0. The van der Waals surface area contributed by atoms with Crippen molar-refractivity contribution in [2.75, 3.05) is 7.05 Å². The van der Waals surface area contributed by atoms with Gasteiger partial charge in [-0.15, -0.1) is 0 Å². The standard InChI is InChI=1S/C18H22N2O4S/c1-12-10-13(2)15(4)18(14(12)3)25(23,24)19(5)11-16-8-6-7-9-17(16)20(21)22/h6-10H,11H2,1-5H3. The van der Waals surface area contributed by atoms with Gasteiger partial charge in [0.15, 0.2) is 0 Å². The molecule has 2 rings (SSSR count).